The molecule has 0 aliphatic heterocycles. The summed E-state index contributed by atoms with van der Waals surface area (Å²) >= 11 is 0. The van der Waals surface area contributed by atoms with Gasteiger partial charge in [-0.3, -0.25) is 4.90 Å². The van der Waals surface area contributed by atoms with E-state index in [1.807, 2.05) is 0 Å². The molecular formula is C17H30N2O. The van der Waals surface area contributed by atoms with E-state index in [1.165, 1.54) is 25.8 Å². The topological polar surface area (TPSA) is 28.4 Å². The minimum Gasteiger partial charge on any atom is -0.463 e. The van der Waals surface area contributed by atoms with Gasteiger partial charge in [-0.25, -0.2) is 0 Å². The average Bonchev–Trinajstić information content (AvgIpc) is 3.16. The maximum absolute atomic E-state index is 5.94. The Balaban J connectivity index is 1.80. The monoisotopic (exact) mass is 278 g/mol. The van der Waals surface area contributed by atoms with E-state index in [-0.39, 0.29) is 0 Å². The molecule has 0 spiro atoms. The van der Waals surface area contributed by atoms with Gasteiger partial charge in [0.25, 0.3) is 0 Å². The zero-order valence-electron chi connectivity index (χ0n) is 13.3. The van der Waals surface area contributed by atoms with E-state index in [0.29, 0.717) is 0 Å². The van der Waals surface area contributed by atoms with Gasteiger partial charge >= 0.3 is 0 Å². The third kappa shape index (κ3) is 5.29. The van der Waals surface area contributed by atoms with E-state index in [9.17, 15) is 0 Å². The highest BCUT2D eigenvalue weighted by Crippen LogP contribution is 2.29. The van der Waals surface area contributed by atoms with Gasteiger partial charge in [0.15, 0.2) is 0 Å². The van der Waals surface area contributed by atoms with Crippen LogP contribution in [0.5, 0.6) is 0 Å². The molecule has 0 bridgehead atoms. The Labute approximate surface area is 123 Å². The van der Waals surface area contributed by atoms with E-state index < -0.39 is 0 Å². The second-order valence-electron chi connectivity index (χ2n) is 6.43. The van der Waals surface area contributed by atoms with Gasteiger partial charge in [-0.05, 0) is 56.8 Å². The third-order valence-corrected chi connectivity index (χ3v) is 3.86. The molecule has 114 valence electrons. The average molecular weight is 278 g/mol. The van der Waals surface area contributed by atoms with E-state index in [2.05, 4.69) is 43.1 Å². The molecule has 0 radical (unpaired) electrons. The van der Waals surface area contributed by atoms with Crippen LogP contribution in [0.4, 0.5) is 0 Å². The first kappa shape index (κ1) is 15.6. The molecule has 0 unspecified atom stereocenters. The summed E-state index contributed by atoms with van der Waals surface area (Å²) in [7, 11) is 0. The summed E-state index contributed by atoms with van der Waals surface area (Å²) in [5, 5.41) is 3.39. The van der Waals surface area contributed by atoms with E-state index in [1.54, 1.807) is 0 Å². The van der Waals surface area contributed by atoms with Crippen molar-refractivity contribution in [2.75, 3.05) is 13.1 Å². The molecule has 0 amide bonds. The summed E-state index contributed by atoms with van der Waals surface area (Å²) < 4.78 is 5.94. The Morgan fingerprint density at radius 1 is 1.30 bits per heavy atom. The van der Waals surface area contributed by atoms with Crippen LogP contribution in [0.15, 0.2) is 16.5 Å². The maximum Gasteiger partial charge on any atom is 0.118 e. The van der Waals surface area contributed by atoms with Crippen LogP contribution in [0.3, 0.4) is 0 Å². The second-order valence-corrected chi connectivity index (χ2v) is 6.43. The number of furan rings is 1. The van der Waals surface area contributed by atoms with E-state index >= 15 is 0 Å². The lowest BCUT2D eigenvalue weighted by atomic mass is 10.1. The van der Waals surface area contributed by atoms with Crippen molar-refractivity contribution in [1.82, 2.24) is 10.2 Å². The van der Waals surface area contributed by atoms with E-state index in [0.717, 1.165) is 49.5 Å². The normalized spacial score (nSPS) is 15.4. The van der Waals surface area contributed by atoms with E-state index in [4.69, 9.17) is 4.42 Å². The molecule has 20 heavy (non-hydrogen) atoms. The van der Waals surface area contributed by atoms with Crippen LogP contribution < -0.4 is 5.32 Å². The van der Waals surface area contributed by atoms with Crippen LogP contribution in [0.25, 0.3) is 0 Å². The molecule has 0 aromatic carbocycles. The van der Waals surface area contributed by atoms with Crippen molar-refractivity contribution in [2.45, 2.75) is 65.6 Å². The lowest BCUT2D eigenvalue weighted by Crippen LogP contribution is -2.27. The fourth-order valence-electron chi connectivity index (χ4n) is 2.45. The highest BCUT2D eigenvalue weighted by atomic mass is 16.3. The lowest BCUT2D eigenvalue weighted by Gasteiger charge is -2.21. The van der Waals surface area contributed by atoms with Crippen LogP contribution in [-0.4, -0.2) is 24.0 Å². The minimum atomic E-state index is 0.779. The third-order valence-electron chi connectivity index (χ3n) is 3.86. The summed E-state index contributed by atoms with van der Waals surface area (Å²) in [6, 6.07) is 5.07. The standard InChI is InChI=1S/C17H30N2O/c1-4-10-18-12-16-7-8-17(20-16)13-19(15-5-6-15)11-9-14(2)3/h7-8,14-15,18H,4-6,9-13H2,1-3H3. The Morgan fingerprint density at radius 3 is 2.70 bits per heavy atom. The van der Waals surface area contributed by atoms with Gasteiger partial charge < -0.3 is 9.73 Å². The smallest absolute Gasteiger partial charge is 0.118 e. The zero-order chi connectivity index (χ0) is 14.4. The van der Waals surface area contributed by atoms with Gasteiger partial charge in [0, 0.05) is 6.04 Å². The lowest BCUT2D eigenvalue weighted by molar-refractivity contribution is 0.219. The van der Waals surface area contributed by atoms with Crippen LogP contribution in [-0.2, 0) is 13.1 Å². The largest absolute Gasteiger partial charge is 0.463 e. The predicted molar refractivity (Wildman–Crippen MR) is 83.6 cm³/mol. The zero-order valence-corrected chi connectivity index (χ0v) is 13.3. The van der Waals surface area contributed by atoms with Crippen molar-refractivity contribution >= 4 is 0 Å². The molecular weight excluding hydrogens is 248 g/mol. The summed E-state index contributed by atoms with van der Waals surface area (Å²) in [6.07, 6.45) is 5.17. The Kier molecular flexibility index (Phi) is 6.11. The minimum absolute atomic E-state index is 0.779. The van der Waals surface area contributed by atoms with Crippen molar-refractivity contribution in [1.29, 1.82) is 0 Å². The number of nitrogens with zero attached hydrogens (tertiary/aromatic N) is 1. The van der Waals surface area contributed by atoms with Crippen molar-refractivity contribution in [3.8, 4) is 0 Å². The maximum atomic E-state index is 5.94. The molecule has 1 heterocycles. The quantitative estimate of drug-likeness (QED) is 0.660. The molecule has 3 nitrogen and oxygen atoms in total. The molecule has 1 aliphatic rings. The van der Waals surface area contributed by atoms with Crippen LogP contribution in [0, 0.1) is 5.92 Å². The molecule has 1 saturated carbocycles. The molecule has 1 aromatic rings. The van der Waals surface area contributed by atoms with Crippen LogP contribution in [0.1, 0.15) is 58.0 Å². The number of hydrogen-bond acceptors (Lipinski definition) is 3. The van der Waals surface area contributed by atoms with Crippen molar-refractivity contribution in [3.05, 3.63) is 23.7 Å². The fourth-order valence-corrected chi connectivity index (χ4v) is 2.45. The molecule has 1 aromatic heterocycles. The highest BCUT2D eigenvalue weighted by Gasteiger charge is 2.29. The van der Waals surface area contributed by atoms with Gasteiger partial charge in [0.2, 0.25) is 0 Å². The second kappa shape index (κ2) is 7.84. The molecule has 2 rings (SSSR count). The summed E-state index contributed by atoms with van der Waals surface area (Å²) in [6.45, 7) is 10.9. The summed E-state index contributed by atoms with van der Waals surface area (Å²) in [5.41, 5.74) is 0. The molecule has 3 heteroatoms. The predicted octanol–water partition coefficient (Wildman–Crippen LogP) is 3.79. The first-order chi connectivity index (χ1) is 9.69. The van der Waals surface area contributed by atoms with Crippen molar-refractivity contribution in [2.24, 2.45) is 5.92 Å². The van der Waals surface area contributed by atoms with Crippen molar-refractivity contribution in [3.63, 3.8) is 0 Å². The first-order valence-electron chi connectivity index (χ1n) is 8.21. The SMILES string of the molecule is CCCNCc1ccc(CN(CCC(C)C)C2CC2)o1. The number of nitrogens with one attached hydrogen (secondary N) is 1. The highest BCUT2D eigenvalue weighted by molar-refractivity contribution is 5.07. The molecule has 0 atom stereocenters. The van der Waals surface area contributed by atoms with Crippen LogP contribution in [0.2, 0.25) is 0 Å². The summed E-state index contributed by atoms with van der Waals surface area (Å²) in [4.78, 5) is 2.60. The Hall–Kier alpha value is -0.800. The van der Waals surface area contributed by atoms with Gasteiger partial charge in [-0.15, -0.1) is 0 Å². The van der Waals surface area contributed by atoms with Crippen LogP contribution >= 0.6 is 0 Å². The Morgan fingerprint density at radius 2 is 2.05 bits per heavy atom. The summed E-state index contributed by atoms with van der Waals surface area (Å²) in [5.74, 6) is 2.96. The van der Waals surface area contributed by atoms with Crippen molar-refractivity contribution < 1.29 is 4.42 Å². The van der Waals surface area contributed by atoms with Gasteiger partial charge in [-0.1, -0.05) is 20.8 Å². The number of hydrogen-bond donors (Lipinski definition) is 1. The molecule has 1 N–H and O–H groups in total. The van der Waals surface area contributed by atoms with Gasteiger partial charge in [0.05, 0.1) is 13.1 Å². The number of rotatable bonds is 10. The molecule has 1 aliphatic carbocycles. The Bertz CT molecular complexity index is 382. The molecule has 0 saturated heterocycles. The van der Waals surface area contributed by atoms with Gasteiger partial charge in [0.1, 0.15) is 11.5 Å². The molecule has 1 fully saturated rings. The van der Waals surface area contributed by atoms with Gasteiger partial charge in [-0.2, -0.15) is 0 Å². The fraction of sp³-hybridized carbons (Fsp3) is 0.765. The first-order valence-corrected chi connectivity index (χ1v) is 8.21.